The zero-order valence-electron chi connectivity index (χ0n) is 36.1. The highest BCUT2D eigenvalue weighted by molar-refractivity contribution is 7.31. The van der Waals surface area contributed by atoms with E-state index >= 15 is 0 Å². The van der Waals surface area contributed by atoms with E-state index in [1.165, 1.54) is 57.2 Å². The standard InChI is InChI=1S/C25H21N5S2.C13H18N2O.C7H13NO2.C2H4O2/c1-30-8-2-3-20(30)25-28-17-7-5-15(10-19(17)29-25)22-12-24-23(32-22)11-21(31-24)14-4-6-16-18(9-14)27-13-26-16;1-14-12(11-7-3-2-4-8-11)13(16)15-9-5-6-10-15;1-5(2)7(4-9)8-6(3)10;1-4-2-3/h4-7,9-13,20H,2-3,8H2,1H3,(H,26,27)(H,28,29);2-4,7-8,12,14H,5-6,9-10H2,1H3;4-5,7H,1-3H3,(H,8,10);2H,1H3/t20-;;;/m0.../s1. The average Bonchev–Trinajstić information content (AvgIpc) is 4.14. The molecule has 3 atom stereocenters. The van der Waals surface area contributed by atoms with Crippen molar-refractivity contribution >= 4 is 78.7 Å². The fourth-order valence-electron chi connectivity index (χ4n) is 7.60. The molecule has 4 N–H and O–H groups in total. The summed E-state index contributed by atoms with van der Waals surface area (Å²) in [5.41, 5.74) is 7.80. The van der Waals surface area contributed by atoms with E-state index in [2.05, 4.69) is 90.8 Å². The molecule has 0 radical (unpaired) electrons. The third-order valence-electron chi connectivity index (χ3n) is 10.9. The summed E-state index contributed by atoms with van der Waals surface area (Å²) >= 11 is 3.71. The summed E-state index contributed by atoms with van der Waals surface area (Å²) in [5, 5.41) is 5.63. The van der Waals surface area contributed by atoms with Gasteiger partial charge in [0.2, 0.25) is 11.8 Å². The molecule has 2 saturated heterocycles. The van der Waals surface area contributed by atoms with Gasteiger partial charge < -0.3 is 35.0 Å². The van der Waals surface area contributed by atoms with E-state index in [0.717, 1.165) is 72.2 Å². The van der Waals surface area contributed by atoms with Crippen molar-refractivity contribution in [1.29, 1.82) is 0 Å². The van der Waals surface area contributed by atoms with Gasteiger partial charge in [0, 0.05) is 39.2 Å². The number of aromatic nitrogens is 4. The van der Waals surface area contributed by atoms with Crippen LogP contribution >= 0.6 is 22.7 Å². The molecule has 2 amide bonds. The third-order valence-corrected chi connectivity index (χ3v) is 13.3. The highest BCUT2D eigenvalue weighted by Gasteiger charge is 2.27. The molecule has 326 valence electrons. The summed E-state index contributed by atoms with van der Waals surface area (Å²) in [6.07, 6.45) is 7.20. The van der Waals surface area contributed by atoms with Gasteiger partial charge in [0.05, 0.1) is 47.6 Å². The summed E-state index contributed by atoms with van der Waals surface area (Å²) in [5.74, 6) is 1.31. The van der Waals surface area contributed by atoms with Crippen LogP contribution in [0.15, 0.2) is 85.2 Å². The van der Waals surface area contributed by atoms with Crippen LogP contribution in [-0.4, -0.2) is 101 Å². The number of benzene rings is 3. The Morgan fingerprint density at radius 1 is 0.871 bits per heavy atom. The number of amides is 2. The molecule has 15 heteroatoms. The number of methoxy groups -OCH3 is 1. The van der Waals surface area contributed by atoms with E-state index in [-0.39, 0.29) is 29.8 Å². The van der Waals surface area contributed by atoms with E-state index in [9.17, 15) is 14.4 Å². The minimum atomic E-state index is -0.336. The van der Waals surface area contributed by atoms with E-state index in [1.54, 1.807) is 6.33 Å². The van der Waals surface area contributed by atoms with Crippen LogP contribution in [0.5, 0.6) is 0 Å². The molecule has 0 aliphatic carbocycles. The average molecular weight is 877 g/mol. The largest absolute Gasteiger partial charge is 0.471 e. The number of likely N-dealkylation sites (N-methyl/N-ethyl adjacent to an activating group) is 1. The number of nitrogens with zero attached hydrogens (tertiary/aromatic N) is 4. The number of hydrogen-bond donors (Lipinski definition) is 4. The van der Waals surface area contributed by atoms with Crippen molar-refractivity contribution in [3.05, 3.63) is 96.6 Å². The Kier molecular flexibility index (Phi) is 16.1. The Labute approximate surface area is 370 Å². The van der Waals surface area contributed by atoms with Crippen molar-refractivity contribution in [2.75, 3.05) is 40.8 Å². The molecule has 3 aromatic carbocycles. The molecule has 2 fully saturated rings. The molecule has 0 bridgehead atoms. The van der Waals surface area contributed by atoms with Gasteiger partial charge in [-0.15, -0.1) is 22.7 Å². The van der Waals surface area contributed by atoms with E-state index < -0.39 is 0 Å². The van der Waals surface area contributed by atoms with E-state index in [1.807, 2.05) is 78.8 Å². The number of aromatic amines is 2. The van der Waals surface area contributed by atoms with Gasteiger partial charge in [0.15, 0.2) is 0 Å². The molecule has 2 unspecified atom stereocenters. The molecule has 6 heterocycles. The summed E-state index contributed by atoms with van der Waals surface area (Å²) in [6.45, 7) is 8.51. The lowest BCUT2D eigenvalue weighted by Gasteiger charge is -2.23. The third kappa shape index (κ3) is 11.4. The number of aldehydes is 1. The number of fused-ring (bicyclic) bond motifs is 3. The molecule has 4 aromatic heterocycles. The van der Waals surface area contributed by atoms with Crippen molar-refractivity contribution in [3.63, 3.8) is 0 Å². The molecule has 7 aromatic rings. The molecular formula is C47H56N8O5S2. The number of hydrogen-bond acceptors (Lipinski definition) is 11. The number of nitrogens with one attached hydrogen (secondary N) is 4. The Hall–Kier alpha value is -5.74. The van der Waals surface area contributed by atoms with Crippen molar-refractivity contribution in [2.45, 2.75) is 64.6 Å². The van der Waals surface area contributed by atoms with Crippen LogP contribution in [0.3, 0.4) is 0 Å². The second-order valence-electron chi connectivity index (χ2n) is 15.7. The van der Waals surface area contributed by atoms with Crippen LogP contribution in [0.2, 0.25) is 0 Å². The number of likely N-dealkylation sites (tertiary alicyclic amines) is 2. The number of carbonyl (C=O) groups excluding carboxylic acids is 4. The van der Waals surface area contributed by atoms with Crippen LogP contribution in [0.1, 0.15) is 69.9 Å². The highest BCUT2D eigenvalue weighted by Crippen LogP contribution is 2.42. The Balaban J connectivity index is 0.000000178. The fraction of sp³-hybridized carbons (Fsp3) is 0.362. The molecule has 13 nitrogen and oxygen atoms in total. The second-order valence-corrected chi connectivity index (χ2v) is 17.8. The minimum absolute atomic E-state index is 0.161. The SMILES string of the molecule is CC(=O)NC(C=O)C(C)C.CN1CCC[C@H]1c1nc2ccc(-c3cc4sc(-c5ccc6nc[nH]c6c5)cc4s3)cc2[nH]1.CNC(C(=O)N1CCCC1)c1ccccc1.COC=O. The van der Waals surface area contributed by atoms with E-state index in [4.69, 9.17) is 9.78 Å². The number of rotatable bonds is 10. The van der Waals surface area contributed by atoms with E-state index in [0.29, 0.717) is 12.5 Å². The Bertz CT molecular complexity index is 2520. The summed E-state index contributed by atoms with van der Waals surface area (Å²) in [7, 11) is 5.34. The molecule has 0 spiro atoms. The lowest BCUT2D eigenvalue weighted by Crippen LogP contribution is -2.38. The molecule has 2 aliphatic heterocycles. The van der Waals surface area contributed by atoms with Gasteiger partial charge in [-0.25, -0.2) is 9.97 Å². The Morgan fingerprint density at radius 2 is 1.50 bits per heavy atom. The zero-order chi connectivity index (χ0) is 44.2. The van der Waals surface area contributed by atoms with Crippen molar-refractivity contribution in [2.24, 2.45) is 5.92 Å². The first-order chi connectivity index (χ1) is 30.0. The first-order valence-electron chi connectivity index (χ1n) is 20.9. The molecule has 62 heavy (non-hydrogen) atoms. The van der Waals surface area contributed by atoms with Crippen LogP contribution in [-0.2, 0) is 23.9 Å². The maximum atomic E-state index is 12.2. The Morgan fingerprint density at radius 3 is 2.03 bits per heavy atom. The maximum absolute atomic E-state index is 12.2. The maximum Gasteiger partial charge on any atom is 0.292 e. The lowest BCUT2D eigenvalue weighted by molar-refractivity contribution is -0.132. The van der Waals surface area contributed by atoms with Crippen LogP contribution in [0.4, 0.5) is 0 Å². The van der Waals surface area contributed by atoms with Gasteiger partial charge in [0.25, 0.3) is 6.47 Å². The number of H-pyrrole nitrogens is 2. The van der Waals surface area contributed by atoms with Crippen LogP contribution < -0.4 is 10.6 Å². The molecule has 2 aliphatic rings. The predicted molar refractivity (Wildman–Crippen MR) is 250 cm³/mol. The van der Waals surface area contributed by atoms with Crippen LogP contribution in [0, 0.1) is 5.92 Å². The summed E-state index contributed by atoms with van der Waals surface area (Å²) in [4.78, 5) is 64.9. The van der Waals surface area contributed by atoms with Gasteiger partial charge in [0.1, 0.15) is 18.2 Å². The number of imidazole rings is 2. The molecule has 9 rings (SSSR count). The van der Waals surface area contributed by atoms with Gasteiger partial charge >= 0.3 is 0 Å². The summed E-state index contributed by atoms with van der Waals surface area (Å²) in [6, 6.07) is 27.5. The number of carbonyl (C=O) groups is 4. The fourth-order valence-corrected chi connectivity index (χ4v) is 9.98. The zero-order valence-corrected chi connectivity index (χ0v) is 37.8. The predicted octanol–water partition coefficient (Wildman–Crippen LogP) is 8.52. The summed E-state index contributed by atoms with van der Waals surface area (Å²) < 4.78 is 6.53. The second kappa shape index (κ2) is 21.9. The van der Waals surface area contributed by atoms with Gasteiger partial charge in [-0.3, -0.25) is 19.3 Å². The topological polar surface area (TPSA) is 165 Å². The van der Waals surface area contributed by atoms with Gasteiger partial charge in [-0.1, -0.05) is 56.3 Å². The molecular weight excluding hydrogens is 821 g/mol. The smallest absolute Gasteiger partial charge is 0.292 e. The van der Waals surface area contributed by atoms with Crippen LogP contribution in [0.25, 0.3) is 52.3 Å². The normalized spacial score (nSPS) is 15.9. The monoisotopic (exact) mass is 876 g/mol. The van der Waals surface area contributed by atoms with Crippen molar-refractivity contribution in [1.82, 2.24) is 40.4 Å². The molecule has 0 saturated carbocycles. The van der Waals surface area contributed by atoms with Crippen molar-refractivity contribution in [3.8, 4) is 20.9 Å². The first-order valence-corrected chi connectivity index (χ1v) is 22.5. The first kappa shape index (κ1) is 45.8. The number of ether oxygens (including phenoxy) is 1. The van der Waals surface area contributed by atoms with Gasteiger partial charge in [-0.05, 0) is 105 Å². The minimum Gasteiger partial charge on any atom is -0.471 e. The number of thiophene rings is 2. The van der Waals surface area contributed by atoms with Crippen molar-refractivity contribution < 1.29 is 23.9 Å². The quantitative estimate of drug-likeness (QED) is 0.0986. The highest BCUT2D eigenvalue weighted by atomic mass is 32.1. The van der Waals surface area contributed by atoms with Gasteiger partial charge in [-0.2, -0.15) is 0 Å². The lowest BCUT2D eigenvalue weighted by atomic mass is 10.1.